The Morgan fingerprint density at radius 1 is 1.17 bits per heavy atom. The number of aryl methyl sites for hydroxylation is 1. The van der Waals surface area contributed by atoms with Crippen LogP contribution in [0.25, 0.3) is 11.3 Å². The molecule has 29 heavy (non-hydrogen) atoms. The third-order valence-electron chi connectivity index (χ3n) is 5.38. The maximum Gasteiger partial charge on any atom is 0.262 e. The number of aliphatic hydroxyl groups is 1. The summed E-state index contributed by atoms with van der Waals surface area (Å²) in [4.78, 5) is 19.3. The Hall–Kier alpha value is -3.38. The minimum Gasteiger partial charge on any atom is -0.508 e. The van der Waals surface area contributed by atoms with Gasteiger partial charge in [-0.1, -0.05) is 12.1 Å². The fraction of sp³-hybridized carbons (Fsp3) is 0.217. The smallest absolute Gasteiger partial charge is 0.262 e. The monoisotopic (exact) mass is 390 g/mol. The van der Waals surface area contributed by atoms with Gasteiger partial charge in [0.2, 0.25) is 0 Å². The van der Waals surface area contributed by atoms with E-state index in [4.69, 9.17) is 0 Å². The van der Waals surface area contributed by atoms with Crippen LogP contribution >= 0.6 is 0 Å². The van der Waals surface area contributed by atoms with Gasteiger partial charge in [0.25, 0.3) is 5.91 Å². The number of phenols is 2. The minimum atomic E-state index is -0.308. The molecule has 0 unspecified atom stereocenters. The van der Waals surface area contributed by atoms with Crippen molar-refractivity contribution in [3.05, 3.63) is 71.4 Å². The summed E-state index contributed by atoms with van der Waals surface area (Å²) in [5.41, 5.74) is 4.33. The Balaban J connectivity index is 1.75. The topological polar surface area (TPSA) is 93.9 Å². The van der Waals surface area contributed by atoms with Crippen molar-refractivity contribution < 1.29 is 20.1 Å². The number of hydrogen-bond donors (Lipinski definition) is 3. The highest BCUT2D eigenvalue weighted by Gasteiger charge is 2.30. The van der Waals surface area contributed by atoms with Gasteiger partial charge in [0.1, 0.15) is 11.5 Å². The number of hydrogen-bond acceptors (Lipinski definition) is 5. The van der Waals surface area contributed by atoms with Gasteiger partial charge in [-0.25, -0.2) is 0 Å². The number of rotatable bonds is 3. The van der Waals surface area contributed by atoms with E-state index in [0.717, 1.165) is 40.9 Å². The van der Waals surface area contributed by atoms with Crippen LogP contribution in [-0.2, 0) is 13.0 Å². The summed E-state index contributed by atoms with van der Waals surface area (Å²) in [5.74, 6) is -0.643. The molecule has 148 valence electrons. The van der Waals surface area contributed by atoms with Crippen LogP contribution in [0.1, 0.15) is 34.8 Å². The Morgan fingerprint density at radius 2 is 2.00 bits per heavy atom. The number of anilines is 1. The predicted octanol–water partition coefficient (Wildman–Crippen LogP) is 3.63. The Labute approximate surface area is 168 Å². The van der Waals surface area contributed by atoms with Crippen LogP contribution in [0.4, 0.5) is 5.69 Å². The van der Waals surface area contributed by atoms with E-state index >= 15 is 0 Å². The third kappa shape index (κ3) is 3.43. The molecule has 1 aliphatic rings. The van der Waals surface area contributed by atoms with Gasteiger partial charge in [0.05, 0.1) is 17.9 Å². The first kappa shape index (κ1) is 19.0. The molecule has 6 heteroatoms. The van der Waals surface area contributed by atoms with Crippen molar-refractivity contribution in [1.82, 2.24) is 4.98 Å². The van der Waals surface area contributed by atoms with Crippen molar-refractivity contribution in [3.63, 3.8) is 0 Å². The third-order valence-corrected chi connectivity index (χ3v) is 5.38. The van der Waals surface area contributed by atoms with Crippen molar-refractivity contribution in [2.75, 3.05) is 4.90 Å². The van der Waals surface area contributed by atoms with Crippen molar-refractivity contribution >= 4 is 11.6 Å². The molecule has 0 fully saturated rings. The van der Waals surface area contributed by atoms with E-state index in [1.165, 1.54) is 18.2 Å². The van der Waals surface area contributed by atoms with E-state index in [1.54, 1.807) is 17.2 Å². The molecule has 2 aromatic carbocycles. The summed E-state index contributed by atoms with van der Waals surface area (Å²) in [7, 11) is 0. The first-order valence-corrected chi connectivity index (χ1v) is 9.53. The molecule has 1 aromatic heterocycles. The molecule has 2 heterocycles. The van der Waals surface area contributed by atoms with Crippen molar-refractivity contribution in [2.45, 2.75) is 32.4 Å². The first-order chi connectivity index (χ1) is 14.0. The van der Waals surface area contributed by atoms with Crippen molar-refractivity contribution in [3.8, 4) is 22.8 Å². The number of aromatic nitrogens is 1. The number of carbonyl (C=O) groups excluding carboxylic acids is 1. The van der Waals surface area contributed by atoms with Crippen LogP contribution < -0.4 is 4.90 Å². The zero-order valence-corrected chi connectivity index (χ0v) is 16.0. The second kappa shape index (κ2) is 7.56. The summed E-state index contributed by atoms with van der Waals surface area (Å²) in [5, 5.41) is 29.3. The average molecular weight is 390 g/mol. The highest BCUT2D eigenvalue weighted by molar-refractivity contribution is 6.09. The van der Waals surface area contributed by atoms with E-state index in [9.17, 15) is 20.1 Å². The highest BCUT2D eigenvalue weighted by Crippen LogP contribution is 2.36. The molecule has 4 rings (SSSR count). The lowest BCUT2D eigenvalue weighted by Crippen LogP contribution is -2.42. The molecule has 3 aromatic rings. The van der Waals surface area contributed by atoms with Gasteiger partial charge in [-0.05, 0) is 55.7 Å². The molecule has 3 N–H and O–H groups in total. The lowest BCUT2D eigenvalue weighted by molar-refractivity contribution is 0.0972. The van der Waals surface area contributed by atoms with Gasteiger partial charge in [-0.3, -0.25) is 9.78 Å². The number of aliphatic hydroxyl groups excluding tert-OH is 1. The van der Waals surface area contributed by atoms with Crippen molar-refractivity contribution in [2.24, 2.45) is 0 Å². The van der Waals surface area contributed by atoms with Crippen LogP contribution in [0.2, 0.25) is 0 Å². The van der Waals surface area contributed by atoms with Crippen LogP contribution in [-0.4, -0.2) is 32.3 Å². The quantitative estimate of drug-likeness (QED) is 0.635. The SMILES string of the molecule is C[C@H]1CCc2cc(-c3ncccc3CO)ccc2N1C(=O)c1ccc(O)cc1O. The van der Waals surface area contributed by atoms with E-state index in [-0.39, 0.29) is 35.6 Å². The number of phenolic OH excluding ortho intramolecular Hbond substituents is 2. The maximum absolute atomic E-state index is 13.2. The first-order valence-electron chi connectivity index (χ1n) is 9.53. The van der Waals surface area contributed by atoms with Gasteiger partial charge in [0.15, 0.2) is 0 Å². The lowest BCUT2D eigenvalue weighted by Gasteiger charge is -2.35. The molecule has 0 radical (unpaired) electrons. The van der Waals surface area contributed by atoms with Gasteiger partial charge in [-0.2, -0.15) is 0 Å². The molecule has 0 aliphatic carbocycles. The fourth-order valence-electron chi connectivity index (χ4n) is 3.87. The molecule has 0 saturated heterocycles. The number of fused-ring (bicyclic) bond motifs is 1. The van der Waals surface area contributed by atoms with Gasteiger partial charge in [-0.15, -0.1) is 0 Å². The summed E-state index contributed by atoms with van der Waals surface area (Å²) >= 11 is 0. The highest BCUT2D eigenvalue weighted by atomic mass is 16.3. The molecule has 6 nitrogen and oxygen atoms in total. The number of amides is 1. The van der Waals surface area contributed by atoms with Gasteiger partial charge in [0, 0.05) is 35.1 Å². The number of aromatic hydroxyl groups is 2. The molecule has 0 spiro atoms. The lowest BCUT2D eigenvalue weighted by atomic mass is 9.92. The second-order valence-electron chi connectivity index (χ2n) is 7.28. The summed E-state index contributed by atoms with van der Waals surface area (Å²) in [6, 6.07) is 13.4. The summed E-state index contributed by atoms with van der Waals surface area (Å²) < 4.78 is 0. The van der Waals surface area contributed by atoms with E-state index in [0.29, 0.717) is 0 Å². The standard InChI is InChI=1S/C23H22N2O4/c1-14-4-5-15-11-16(22-17(13-26)3-2-10-24-22)6-9-20(15)25(14)23(29)19-8-7-18(27)12-21(19)28/h2-3,6-12,14,26-28H,4-5,13H2,1H3/t14-/m0/s1. The Bertz CT molecular complexity index is 1080. The van der Waals surface area contributed by atoms with E-state index in [2.05, 4.69) is 4.98 Å². The minimum absolute atomic E-state index is 0.0306. The molecule has 1 atom stereocenters. The number of benzene rings is 2. The molecule has 0 bridgehead atoms. The normalized spacial score (nSPS) is 15.8. The zero-order chi connectivity index (χ0) is 20.5. The number of pyridine rings is 1. The fourth-order valence-corrected chi connectivity index (χ4v) is 3.87. The predicted molar refractivity (Wildman–Crippen MR) is 110 cm³/mol. The van der Waals surface area contributed by atoms with E-state index in [1.807, 2.05) is 31.2 Å². The van der Waals surface area contributed by atoms with Crippen molar-refractivity contribution in [1.29, 1.82) is 0 Å². The van der Waals surface area contributed by atoms with Crippen LogP contribution in [0, 0.1) is 0 Å². The summed E-state index contributed by atoms with van der Waals surface area (Å²) in [6.45, 7) is 1.89. The number of carbonyl (C=O) groups is 1. The molecule has 0 saturated carbocycles. The molecule has 1 aliphatic heterocycles. The second-order valence-corrected chi connectivity index (χ2v) is 7.28. The average Bonchev–Trinajstić information content (AvgIpc) is 2.73. The maximum atomic E-state index is 13.2. The summed E-state index contributed by atoms with van der Waals surface area (Å²) in [6.07, 6.45) is 3.30. The Morgan fingerprint density at radius 3 is 2.76 bits per heavy atom. The Kier molecular flexibility index (Phi) is 4.94. The van der Waals surface area contributed by atoms with Gasteiger partial charge < -0.3 is 20.2 Å². The van der Waals surface area contributed by atoms with Crippen LogP contribution in [0.15, 0.2) is 54.7 Å². The van der Waals surface area contributed by atoms with Crippen LogP contribution in [0.5, 0.6) is 11.5 Å². The molecular formula is C23H22N2O4. The molecular weight excluding hydrogens is 368 g/mol. The van der Waals surface area contributed by atoms with Gasteiger partial charge >= 0.3 is 0 Å². The van der Waals surface area contributed by atoms with E-state index < -0.39 is 0 Å². The largest absolute Gasteiger partial charge is 0.508 e. The zero-order valence-electron chi connectivity index (χ0n) is 16.0. The molecule has 1 amide bonds. The van der Waals surface area contributed by atoms with Crippen LogP contribution in [0.3, 0.4) is 0 Å². The number of nitrogens with zero attached hydrogens (tertiary/aromatic N) is 2.